The Labute approximate surface area is 71.1 Å². The highest BCUT2D eigenvalue weighted by Gasteiger charge is 2.52. The van der Waals surface area contributed by atoms with Gasteiger partial charge in [-0.05, 0) is 18.8 Å². The fourth-order valence-electron chi connectivity index (χ4n) is 2.43. The van der Waals surface area contributed by atoms with E-state index in [2.05, 4.69) is 4.74 Å². The fourth-order valence-corrected chi connectivity index (χ4v) is 2.43. The molecule has 2 saturated carbocycles. The van der Waals surface area contributed by atoms with Crippen LogP contribution in [-0.2, 0) is 14.3 Å². The van der Waals surface area contributed by atoms with E-state index in [9.17, 15) is 9.59 Å². The molecule has 0 heterocycles. The van der Waals surface area contributed by atoms with Gasteiger partial charge < -0.3 is 4.74 Å². The molecule has 0 N–H and O–H groups in total. The number of fused-ring (bicyclic) bond motifs is 1. The Kier molecular flexibility index (Phi) is 1.67. The minimum Gasteiger partial charge on any atom is -0.469 e. The lowest BCUT2D eigenvalue weighted by atomic mass is 9.66. The van der Waals surface area contributed by atoms with Crippen LogP contribution >= 0.6 is 0 Å². The van der Waals surface area contributed by atoms with Crippen LogP contribution in [0.25, 0.3) is 0 Å². The lowest BCUT2D eigenvalue weighted by molar-refractivity contribution is -0.156. The summed E-state index contributed by atoms with van der Waals surface area (Å²) >= 11 is 0. The maximum atomic E-state index is 11.3. The first-order valence-corrected chi connectivity index (χ1v) is 4.34. The smallest absolute Gasteiger partial charge is 0.309 e. The van der Waals surface area contributed by atoms with Crippen molar-refractivity contribution in [3.63, 3.8) is 0 Å². The first-order chi connectivity index (χ1) is 5.74. The van der Waals surface area contributed by atoms with Gasteiger partial charge in [0.1, 0.15) is 5.78 Å². The Hall–Kier alpha value is -0.860. The van der Waals surface area contributed by atoms with Crippen molar-refractivity contribution in [3.05, 3.63) is 0 Å². The number of carbonyl (C=O) groups excluding carboxylic acids is 2. The van der Waals surface area contributed by atoms with Crippen molar-refractivity contribution in [2.45, 2.75) is 19.3 Å². The SMILES string of the molecule is COC(=O)[C@H]1C[C@@H]2CCC(=O)[C@@H]21. The Morgan fingerprint density at radius 2 is 2.33 bits per heavy atom. The average molecular weight is 168 g/mol. The molecule has 12 heavy (non-hydrogen) atoms. The maximum Gasteiger partial charge on any atom is 0.309 e. The van der Waals surface area contributed by atoms with Crippen LogP contribution in [0.5, 0.6) is 0 Å². The molecule has 66 valence electrons. The zero-order valence-electron chi connectivity index (χ0n) is 7.08. The summed E-state index contributed by atoms with van der Waals surface area (Å²) < 4.78 is 4.62. The third-order valence-corrected chi connectivity index (χ3v) is 3.14. The van der Waals surface area contributed by atoms with E-state index >= 15 is 0 Å². The van der Waals surface area contributed by atoms with Crippen molar-refractivity contribution in [2.24, 2.45) is 17.8 Å². The normalized spacial score (nSPS) is 38.8. The number of rotatable bonds is 1. The van der Waals surface area contributed by atoms with Crippen LogP contribution in [0.1, 0.15) is 19.3 Å². The van der Waals surface area contributed by atoms with Crippen LogP contribution in [0.4, 0.5) is 0 Å². The first kappa shape index (κ1) is 7.77. The van der Waals surface area contributed by atoms with E-state index in [4.69, 9.17) is 0 Å². The second kappa shape index (κ2) is 2.57. The molecular weight excluding hydrogens is 156 g/mol. The van der Waals surface area contributed by atoms with E-state index in [1.54, 1.807) is 0 Å². The van der Waals surface area contributed by atoms with Crippen LogP contribution in [0.15, 0.2) is 0 Å². The van der Waals surface area contributed by atoms with Gasteiger partial charge in [0.25, 0.3) is 0 Å². The predicted octanol–water partition coefficient (Wildman–Crippen LogP) is 0.775. The van der Waals surface area contributed by atoms with Crippen LogP contribution in [0.2, 0.25) is 0 Å². The second-order valence-corrected chi connectivity index (χ2v) is 3.66. The highest BCUT2D eigenvalue weighted by Crippen LogP contribution is 2.49. The topological polar surface area (TPSA) is 43.4 Å². The number of esters is 1. The zero-order chi connectivity index (χ0) is 8.72. The number of carbonyl (C=O) groups is 2. The van der Waals surface area contributed by atoms with E-state index < -0.39 is 0 Å². The number of Topliss-reactive ketones (excluding diaryl/α,β-unsaturated/α-hetero) is 1. The molecule has 2 aliphatic rings. The Bertz CT molecular complexity index is 234. The molecule has 3 atom stereocenters. The average Bonchev–Trinajstić information content (AvgIpc) is 2.26. The summed E-state index contributed by atoms with van der Waals surface area (Å²) in [6.07, 6.45) is 2.52. The molecule has 2 rings (SSSR count). The van der Waals surface area contributed by atoms with Gasteiger partial charge in [-0.1, -0.05) is 0 Å². The minimum absolute atomic E-state index is 0.0115. The number of ether oxygens (including phenoxy) is 1. The fraction of sp³-hybridized carbons (Fsp3) is 0.778. The molecule has 0 radical (unpaired) electrons. The molecule has 0 aliphatic heterocycles. The zero-order valence-corrected chi connectivity index (χ0v) is 7.08. The summed E-state index contributed by atoms with van der Waals surface area (Å²) in [4.78, 5) is 22.4. The summed E-state index contributed by atoms with van der Waals surface area (Å²) in [6, 6.07) is 0. The second-order valence-electron chi connectivity index (χ2n) is 3.66. The van der Waals surface area contributed by atoms with Crippen LogP contribution in [0, 0.1) is 17.8 Å². The van der Waals surface area contributed by atoms with Gasteiger partial charge in [-0.2, -0.15) is 0 Å². The molecule has 0 aromatic carbocycles. The Morgan fingerprint density at radius 3 is 2.92 bits per heavy atom. The van der Waals surface area contributed by atoms with Crippen molar-refractivity contribution < 1.29 is 14.3 Å². The molecule has 0 aromatic rings. The van der Waals surface area contributed by atoms with Gasteiger partial charge in [0.05, 0.1) is 13.0 Å². The highest BCUT2D eigenvalue weighted by molar-refractivity contribution is 5.90. The van der Waals surface area contributed by atoms with E-state index in [0.29, 0.717) is 12.3 Å². The Morgan fingerprint density at radius 1 is 1.58 bits per heavy atom. The molecule has 0 spiro atoms. The molecule has 3 heteroatoms. The van der Waals surface area contributed by atoms with Crippen molar-refractivity contribution in [1.82, 2.24) is 0 Å². The minimum atomic E-state index is -0.202. The third kappa shape index (κ3) is 0.886. The molecule has 0 aromatic heterocycles. The lowest BCUT2D eigenvalue weighted by Gasteiger charge is -2.36. The number of methoxy groups -OCH3 is 1. The van der Waals surface area contributed by atoms with Gasteiger partial charge in [0.2, 0.25) is 0 Å². The summed E-state index contributed by atoms with van der Waals surface area (Å²) in [5.74, 6) is 0.446. The van der Waals surface area contributed by atoms with Crippen molar-refractivity contribution in [2.75, 3.05) is 7.11 Å². The van der Waals surface area contributed by atoms with Crippen LogP contribution < -0.4 is 0 Å². The first-order valence-electron chi connectivity index (χ1n) is 4.34. The lowest BCUT2D eigenvalue weighted by Crippen LogP contribution is -2.42. The number of ketones is 1. The molecule has 3 nitrogen and oxygen atoms in total. The van der Waals surface area contributed by atoms with Crippen molar-refractivity contribution in [1.29, 1.82) is 0 Å². The monoisotopic (exact) mass is 168 g/mol. The van der Waals surface area contributed by atoms with Gasteiger partial charge in [-0.3, -0.25) is 9.59 Å². The molecule has 0 unspecified atom stereocenters. The largest absolute Gasteiger partial charge is 0.469 e. The van der Waals surface area contributed by atoms with Crippen molar-refractivity contribution in [3.8, 4) is 0 Å². The van der Waals surface area contributed by atoms with Crippen LogP contribution in [-0.4, -0.2) is 18.9 Å². The van der Waals surface area contributed by atoms with E-state index in [1.165, 1.54) is 7.11 Å². The molecule has 0 bridgehead atoms. The summed E-state index contributed by atoms with van der Waals surface area (Å²) in [7, 11) is 1.38. The number of hydrogen-bond acceptors (Lipinski definition) is 3. The molecule has 2 aliphatic carbocycles. The predicted molar refractivity (Wildman–Crippen MR) is 41.3 cm³/mol. The molecule has 2 fully saturated rings. The third-order valence-electron chi connectivity index (χ3n) is 3.14. The van der Waals surface area contributed by atoms with Gasteiger partial charge in [0.15, 0.2) is 0 Å². The summed E-state index contributed by atoms with van der Waals surface area (Å²) in [6.45, 7) is 0. The standard InChI is InChI=1S/C9H12O3/c1-12-9(11)6-4-5-2-3-7(10)8(5)6/h5-6,8H,2-4H2,1H3/t5-,6-,8-/m0/s1. The van der Waals surface area contributed by atoms with Gasteiger partial charge in [0, 0.05) is 12.3 Å². The van der Waals surface area contributed by atoms with E-state index in [0.717, 1.165) is 12.8 Å². The molecule has 0 saturated heterocycles. The maximum absolute atomic E-state index is 11.3. The van der Waals surface area contributed by atoms with Crippen LogP contribution in [0.3, 0.4) is 0 Å². The highest BCUT2D eigenvalue weighted by atomic mass is 16.5. The van der Waals surface area contributed by atoms with Gasteiger partial charge in [-0.25, -0.2) is 0 Å². The van der Waals surface area contributed by atoms with Gasteiger partial charge in [-0.15, -0.1) is 0 Å². The number of hydrogen-bond donors (Lipinski definition) is 0. The molecule has 0 amide bonds. The summed E-state index contributed by atoms with van der Waals surface area (Å²) in [5, 5.41) is 0. The quantitative estimate of drug-likeness (QED) is 0.543. The van der Waals surface area contributed by atoms with E-state index in [-0.39, 0.29) is 23.6 Å². The summed E-state index contributed by atoms with van der Waals surface area (Å²) in [5.41, 5.74) is 0. The van der Waals surface area contributed by atoms with Gasteiger partial charge >= 0.3 is 5.97 Å². The van der Waals surface area contributed by atoms with E-state index in [1.807, 2.05) is 0 Å². The Balaban J connectivity index is 2.05. The van der Waals surface area contributed by atoms with Crippen molar-refractivity contribution >= 4 is 11.8 Å². The molecular formula is C9H12O3.